The summed E-state index contributed by atoms with van der Waals surface area (Å²) in [5.74, 6) is -2.25. The van der Waals surface area contributed by atoms with E-state index in [2.05, 4.69) is 0 Å². The van der Waals surface area contributed by atoms with E-state index in [0.29, 0.717) is 23.3 Å². The van der Waals surface area contributed by atoms with E-state index in [1.807, 2.05) is 26.8 Å². The number of hydrogen-bond donors (Lipinski definition) is 2. The van der Waals surface area contributed by atoms with Crippen LogP contribution in [0.4, 0.5) is 0 Å². The van der Waals surface area contributed by atoms with Gasteiger partial charge in [0.15, 0.2) is 11.6 Å². The molecule has 0 aromatic heterocycles. The maximum Gasteiger partial charge on any atom is 0.339 e. The summed E-state index contributed by atoms with van der Waals surface area (Å²) in [5.41, 5.74) is 0.725. The molecule has 4 rings (SSSR count). The molecular formula is C22H18O6. The molecule has 1 aliphatic heterocycles. The second-order valence-electron chi connectivity index (χ2n) is 7.47. The first-order valence-corrected chi connectivity index (χ1v) is 8.92. The van der Waals surface area contributed by atoms with Crippen LogP contribution in [0.3, 0.4) is 0 Å². The van der Waals surface area contributed by atoms with Crippen molar-refractivity contribution in [3.8, 4) is 11.5 Å². The lowest BCUT2D eigenvalue weighted by atomic mass is 9.77. The first-order valence-electron chi connectivity index (χ1n) is 8.92. The van der Waals surface area contributed by atoms with Gasteiger partial charge >= 0.3 is 5.97 Å². The Balaban J connectivity index is 2.03. The van der Waals surface area contributed by atoms with Crippen molar-refractivity contribution in [3.63, 3.8) is 0 Å². The zero-order valence-corrected chi connectivity index (χ0v) is 15.6. The molecule has 2 N–H and O–H groups in total. The number of carbonyl (C=O) groups excluding carboxylic acids is 2. The molecule has 1 heterocycles. The third-order valence-electron chi connectivity index (χ3n) is 5.13. The van der Waals surface area contributed by atoms with E-state index >= 15 is 0 Å². The molecule has 0 unspecified atom stereocenters. The fourth-order valence-corrected chi connectivity index (χ4v) is 3.76. The SMILES string of the molecule is CCc1cc2c(c3c1C(=O)c1cc(C(=O)O)c(O)cc1C3=O)C=CC(C)(C)O2. The van der Waals surface area contributed by atoms with E-state index in [1.165, 1.54) is 0 Å². The van der Waals surface area contributed by atoms with Crippen LogP contribution in [-0.2, 0) is 6.42 Å². The molecule has 2 aliphatic rings. The quantitative estimate of drug-likeness (QED) is 0.706. The zero-order chi connectivity index (χ0) is 20.4. The number of aryl methyl sites for hydroxylation is 1. The number of aromatic carboxylic acids is 1. The fourth-order valence-electron chi connectivity index (χ4n) is 3.76. The maximum atomic E-state index is 13.3. The summed E-state index contributed by atoms with van der Waals surface area (Å²) in [4.78, 5) is 37.9. The Morgan fingerprint density at radius 3 is 2.36 bits per heavy atom. The summed E-state index contributed by atoms with van der Waals surface area (Å²) in [7, 11) is 0. The predicted molar refractivity (Wildman–Crippen MR) is 101 cm³/mol. The molecular weight excluding hydrogens is 360 g/mol. The van der Waals surface area contributed by atoms with Gasteiger partial charge in [0.25, 0.3) is 0 Å². The Morgan fingerprint density at radius 2 is 1.71 bits per heavy atom. The molecule has 0 bridgehead atoms. The van der Waals surface area contributed by atoms with E-state index in [-0.39, 0.29) is 22.3 Å². The van der Waals surface area contributed by atoms with Gasteiger partial charge in [0, 0.05) is 27.8 Å². The number of ketones is 2. The number of carboxylic acid groups (broad SMARTS) is 1. The third-order valence-corrected chi connectivity index (χ3v) is 5.13. The van der Waals surface area contributed by atoms with Crippen LogP contribution in [0, 0.1) is 0 Å². The van der Waals surface area contributed by atoms with Crippen LogP contribution < -0.4 is 4.74 Å². The van der Waals surface area contributed by atoms with Gasteiger partial charge < -0.3 is 14.9 Å². The van der Waals surface area contributed by atoms with E-state index in [9.17, 15) is 24.6 Å². The highest BCUT2D eigenvalue weighted by Crippen LogP contribution is 2.42. The monoisotopic (exact) mass is 378 g/mol. The van der Waals surface area contributed by atoms with Crippen molar-refractivity contribution in [2.45, 2.75) is 32.8 Å². The number of hydrogen-bond acceptors (Lipinski definition) is 5. The number of carbonyl (C=O) groups is 3. The minimum absolute atomic E-state index is 0.00585. The summed E-state index contributed by atoms with van der Waals surface area (Å²) >= 11 is 0. The van der Waals surface area contributed by atoms with Crippen molar-refractivity contribution in [1.82, 2.24) is 0 Å². The number of fused-ring (bicyclic) bond motifs is 4. The average Bonchev–Trinajstić information content (AvgIpc) is 2.63. The summed E-state index contributed by atoms with van der Waals surface area (Å²) < 4.78 is 6.00. The Bertz CT molecular complexity index is 1120. The number of ether oxygens (including phenoxy) is 1. The van der Waals surface area contributed by atoms with Crippen LogP contribution in [0.15, 0.2) is 24.3 Å². The summed E-state index contributed by atoms with van der Waals surface area (Å²) in [5, 5.41) is 19.3. The topological polar surface area (TPSA) is 101 Å². The molecule has 2 aromatic carbocycles. The van der Waals surface area contributed by atoms with E-state index in [0.717, 1.165) is 12.1 Å². The summed E-state index contributed by atoms with van der Waals surface area (Å²) in [6.45, 7) is 5.66. The molecule has 0 radical (unpaired) electrons. The lowest BCUT2D eigenvalue weighted by Crippen LogP contribution is -2.30. The smallest absolute Gasteiger partial charge is 0.339 e. The van der Waals surface area contributed by atoms with Crippen molar-refractivity contribution in [2.24, 2.45) is 0 Å². The van der Waals surface area contributed by atoms with Crippen LogP contribution >= 0.6 is 0 Å². The van der Waals surface area contributed by atoms with Crippen molar-refractivity contribution in [1.29, 1.82) is 0 Å². The van der Waals surface area contributed by atoms with E-state index in [4.69, 9.17) is 4.74 Å². The van der Waals surface area contributed by atoms with Crippen molar-refractivity contribution < 1.29 is 29.3 Å². The highest BCUT2D eigenvalue weighted by atomic mass is 16.5. The summed E-state index contributed by atoms with van der Waals surface area (Å²) in [6.07, 6.45) is 4.10. The molecule has 6 heteroatoms. The van der Waals surface area contributed by atoms with Gasteiger partial charge in [-0.2, -0.15) is 0 Å². The maximum absolute atomic E-state index is 13.3. The first-order chi connectivity index (χ1) is 13.1. The number of phenols is 1. The number of benzene rings is 2. The fraction of sp³-hybridized carbons (Fsp3) is 0.227. The van der Waals surface area contributed by atoms with E-state index in [1.54, 1.807) is 12.1 Å². The second-order valence-corrected chi connectivity index (χ2v) is 7.47. The van der Waals surface area contributed by atoms with Crippen molar-refractivity contribution in [3.05, 3.63) is 63.2 Å². The number of aromatic hydroxyl groups is 1. The third kappa shape index (κ3) is 2.45. The number of rotatable bonds is 2. The average molecular weight is 378 g/mol. The lowest BCUT2D eigenvalue weighted by molar-refractivity contribution is 0.0693. The molecule has 0 spiro atoms. The van der Waals surface area contributed by atoms with Gasteiger partial charge in [0.1, 0.15) is 22.7 Å². The largest absolute Gasteiger partial charge is 0.507 e. The first kappa shape index (κ1) is 18.0. The van der Waals surface area contributed by atoms with Crippen molar-refractivity contribution in [2.75, 3.05) is 0 Å². The second kappa shape index (κ2) is 5.79. The van der Waals surface area contributed by atoms with Crippen LogP contribution in [0.1, 0.15) is 74.1 Å². The molecule has 0 atom stereocenters. The molecule has 28 heavy (non-hydrogen) atoms. The van der Waals surface area contributed by atoms with Crippen LogP contribution in [0.25, 0.3) is 6.08 Å². The van der Waals surface area contributed by atoms with Crippen molar-refractivity contribution >= 4 is 23.6 Å². The highest BCUT2D eigenvalue weighted by Gasteiger charge is 2.37. The Morgan fingerprint density at radius 1 is 1.07 bits per heavy atom. The van der Waals surface area contributed by atoms with Gasteiger partial charge in [-0.15, -0.1) is 0 Å². The standard InChI is InChI=1S/C22H18O6/c1-4-10-7-16-11(5-6-22(2,3)28-16)18-17(10)19(24)12-8-14(21(26)27)15(23)9-13(12)20(18)25/h5-9,23H,4H2,1-3H3,(H,26,27). The summed E-state index contributed by atoms with van der Waals surface area (Å²) in [6, 6.07) is 3.91. The molecule has 6 nitrogen and oxygen atoms in total. The van der Waals surface area contributed by atoms with Crippen LogP contribution in [-0.4, -0.2) is 33.3 Å². The Kier molecular flexibility index (Phi) is 3.72. The minimum Gasteiger partial charge on any atom is -0.507 e. The molecule has 0 amide bonds. The molecule has 0 fully saturated rings. The van der Waals surface area contributed by atoms with Gasteiger partial charge in [0.05, 0.1) is 0 Å². The lowest BCUT2D eigenvalue weighted by Gasteiger charge is -2.31. The van der Waals surface area contributed by atoms with Gasteiger partial charge in [-0.05, 0) is 50.1 Å². The predicted octanol–water partition coefficient (Wildman–Crippen LogP) is 3.61. The molecule has 0 saturated heterocycles. The molecule has 142 valence electrons. The normalized spacial score (nSPS) is 16.1. The van der Waals surface area contributed by atoms with Gasteiger partial charge in [-0.1, -0.05) is 13.0 Å². The molecule has 2 aromatic rings. The molecule has 0 saturated carbocycles. The Labute approximate surface area is 161 Å². The van der Waals surface area contributed by atoms with Gasteiger partial charge in [-0.25, -0.2) is 4.79 Å². The number of carboxylic acids is 1. The zero-order valence-electron chi connectivity index (χ0n) is 15.6. The van der Waals surface area contributed by atoms with Gasteiger partial charge in [-0.3, -0.25) is 9.59 Å². The minimum atomic E-state index is -1.37. The molecule has 1 aliphatic carbocycles. The van der Waals surface area contributed by atoms with Gasteiger partial charge in [0.2, 0.25) is 0 Å². The Hall–Kier alpha value is -3.41. The van der Waals surface area contributed by atoms with E-state index < -0.39 is 34.4 Å². The van der Waals surface area contributed by atoms with Crippen LogP contribution in [0.2, 0.25) is 0 Å². The van der Waals surface area contributed by atoms with Crippen LogP contribution in [0.5, 0.6) is 11.5 Å². The highest BCUT2D eigenvalue weighted by molar-refractivity contribution is 6.30.